The zero-order valence-electron chi connectivity index (χ0n) is 11.0. The van der Waals surface area contributed by atoms with Crippen molar-refractivity contribution < 1.29 is 24.5 Å². The molecule has 1 aliphatic carbocycles. The fraction of sp³-hybridized carbons (Fsp3) is 0.846. The second-order valence-electron chi connectivity index (χ2n) is 5.48. The van der Waals surface area contributed by atoms with Gasteiger partial charge in [0, 0.05) is 19.5 Å². The first kappa shape index (κ1) is 14.3. The Kier molecular flexibility index (Phi) is 4.42. The number of hydrogen-bond donors (Lipinski definition) is 2. The van der Waals surface area contributed by atoms with Gasteiger partial charge in [-0.25, -0.2) is 0 Å². The van der Waals surface area contributed by atoms with Gasteiger partial charge in [-0.3, -0.25) is 9.59 Å². The van der Waals surface area contributed by atoms with Gasteiger partial charge in [-0.15, -0.1) is 0 Å². The Hall–Kier alpha value is -1.14. The number of hydrogen-bond acceptors (Lipinski definition) is 4. The van der Waals surface area contributed by atoms with Crippen LogP contribution in [0.1, 0.15) is 32.1 Å². The van der Waals surface area contributed by atoms with Crippen molar-refractivity contribution in [2.24, 2.45) is 5.41 Å². The Balaban J connectivity index is 1.97. The molecule has 0 aromatic heterocycles. The van der Waals surface area contributed by atoms with Crippen molar-refractivity contribution in [3.05, 3.63) is 0 Å². The van der Waals surface area contributed by atoms with E-state index < -0.39 is 11.4 Å². The van der Waals surface area contributed by atoms with Gasteiger partial charge in [0.2, 0.25) is 5.91 Å². The normalized spacial score (nSPS) is 26.4. The highest BCUT2D eigenvalue weighted by molar-refractivity contribution is 5.85. The van der Waals surface area contributed by atoms with Crippen molar-refractivity contribution in [2.45, 2.75) is 38.2 Å². The average molecular weight is 271 g/mol. The van der Waals surface area contributed by atoms with Crippen molar-refractivity contribution >= 4 is 11.9 Å². The highest BCUT2D eigenvalue weighted by Crippen LogP contribution is 2.41. The Labute approximate surface area is 112 Å². The first-order valence-corrected chi connectivity index (χ1v) is 6.81. The van der Waals surface area contributed by atoms with E-state index in [9.17, 15) is 14.7 Å². The van der Waals surface area contributed by atoms with Gasteiger partial charge >= 0.3 is 5.97 Å². The maximum atomic E-state index is 12.3. The number of carbonyl (C=O) groups excluding carboxylic acids is 1. The van der Waals surface area contributed by atoms with Crippen molar-refractivity contribution in [2.75, 3.05) is 26.3 Å². The molecule has 108 valence electrons. The number of carbonyl (C=O) groups is 2. The van der Waals surface area contributed by atoms with Crippen molar-refractivity contribution in [1.29, 1.82) is 0 Å². The lowest BCUT2D eigenvalue weighted by molar-refractivity contribution is -0.155. The lowest BCUT2D eigenvalue weighted by Crippen LogP contribution is -2.48. The predicted octanol–water partition coefficient (Wildman–Crippen LogP) is 0.241. The van der Waals surface area contributed by atoms with Crippen LogP contribution >= 0.6 is 0 Å². The van der Waals surface area contributed by atoms with E-state index in [1.54, 1.807) is 4.90 Å². The Morgan fingerprint density at radius 2 is 2.00 bits per heavy atom. The zero-order chi connectivity index (χ0) is 13.9. The Morgan fingerprint density at radius 3 is 2.58 bits per heavy atom. The largest absolute Gasteiger partial charge is 0.481 e. The standard InChI is InChI=1S/C13H21NO5/c15-9-10-8-14(5-6-19-10)11(16)7-13(12(17)18)3-1-2-4-13/h10,15H,1-9H2,(H,17,18). The molecule has 2 rings (SSSR count). The number of aliphatic hydroxyl groups excluding tert-OH is 1. The van der Waals surface area contributed by atoms with Crippen LogP contribution in [0.4, 0.5) is 0 Å². The van der Waals surface area contributed by atoms with Gasteiger partial charge in [-0.2, -0.15) is 0 Å². The molecular formula is C13H21NO5. The number of ether oxygens (including phenoxy) is 1. The van der Waals surface area contributed by atoms with Crippen LogP contribution in [-0.2, 0) is 14.3 Å². The van der Waals surface area contributed by atoms with E-state index in [-0.39, 0.29) is 25.0 Å². The molecule has 19 heavy (non-hydrogen) atoms. The van der Waals surface area contributed by atoms with E-state index in [1.165, 1.54) is 0 Å². The molecule has 1 aliphatic heterocycles. The molecule has 1 atom stereocenters. The maximum Gasteiger partial charge on any atom is 0.310 e. The van der Waals surface area contributed by atoms with Gasteiger partial charge in [0.15, 0.2) is 0 Å². The van der Waals surface area contributed by atoms with Crippen LogP contribution in [0.3, 0.4) is 0 Å². The number of nitrogens with zero attached hydrogens (tertiary/aromatic N) is 1. The lowest BCUT2D eigenvalue weighted by Gasteiger charge is -2.34. The summed E-state index contributed by atoms with van der Waals surface area (Å²) in [6.45, 7) is 1.11. The second-order valence-corrected chi connectivity index (χ2v) is 5.48. The summed E-state index contributed by atoms with van der Waals surface area (Å²) in [5, 5.41) is 18.4. The van der Waals surface area contributed by atoms with E-state index in [1.807, 2.05) is 0 Å². The molecule has 6 nitrogen and oxygen atoms in total. The molecule has 0 aromatic rings. The van der Waals surface area contributed by atoms with E-state index in [0.717, 1.165) is 12.8 Å². The van der Waals surface area contributed by atoms with Gasteiger partial charge in [-0.05, 0) is 12.8 Å². The molecule has 6 heteroatoms. The van der Waals surface area contributed by atoms with Crippen molar-refractivity contribution in [3.8, 4) is 0 Å². The summed E-state index contributed by atoms with van der Waals surface area (Å²) in [6, 6.07) is 0. The molecule has 0 spiro atoms. The number of amides is 1. The van der Waals surface area contributed by atoms with Crippen LogP contribution < -0.4 is 0 Å². The third-order valence-corrected chi connectivity index (χ3v) is 4.20. The van der Waals surface area contributed by atoms with Crippen LogP contribution in [0.5, 0.6) is 0 Å². The van der Waals surface area contributed by atoms with E-state index in [4.69, 9.17) is 9.84 Å². The number of morpholine rings is 1. The monoisotopic (exact) mass is 271 g/mol. The minimum Gasteiger partial charge on any atom is -0.481 e. The van der Waals surface area contributed by atoms with Crippen LogP contribution in [0.25, 0.3) is 0 Å². The topological polar surface area (TPSA) is 87.1 Å². The lowest BCUT2D eigenvalue weighted by atomic mass is 9.82. The Bertz CT molecular complexity index is 351. The highest BCUT2D eigenvalue weighted by Gasteiger charge is 2.44. The summed E-state index contributed by atoms with van der Waals surface area (Å²) >= 11 is 0. The number of carboxylic acid groups (broad SMARTS) is 1. The van der Waals surface area contributed by atoms with Crippen LogP contribution in [0.2, 0.25) is 0 Å². The number of aliphatic carboxylic acids is 1. The molecular weight excluding hydrogens is 250 g/mol. The highest BCUT2D eigenvalue weighted by atomic mass is 16.5. The van der Waals surface area contributed by atoms with Gasteiger partial charge in [0.1, 0.15) is 0 Å². The summed E-state index contributed by atoms with van der Waals surface area (Å²) in [5.74, 6) is -0.989. The third kappa shape index (κ3) is 3.06. The molecule has 1 heterocycles. The summed E-state index contributed by atoms with van der Waals surface area (Å²) in [7, 11) is 0. The minimum absolute atomic E-state index is 0.0699. The van der Waals surface area contributed by atoms with E-state index in [0.29, 0.717) is 32.5 Å². The van der Waals surface area contributed by atoms with Gasteiger partial charge in [0.05, 0.1) is 24.7 Å². The van der Waals surface area contributed by atoms with Gasteiger partial charge in [-0.1, -0.05) is 12.8 Å². The average Bonchev–Trinajstić information content (AvgIpc) is 2.88. The number of aliphatic hydroxyl groups is 1. The summed E-state index contributed by atoms with van der Waals surface area (Å²) in [6.07, 6.45) is 2.65. The predicted molar refractivity (Wildman–Crippen MR) is 66.6 cm³/mol. The Morgan fingerprint density at radius 1 is 1.32 bits per heavy atom. The summed E-state index contributed by atoms with van der Waals surface area (Å²) in [4.78, 5) is 25.3. The van der Waals surface area contributed by atoms with Gasteiger partial charge in [0.25, 0.3) is 0 Å². The molecule has 1 saturated heterocycles. The molecule has 0 bridgehead atoms. The molecule has 0 radical (unpaired) electrons. The molecule has 2 N–H and O–H groups in total. The SMILES string of the molecule is O=C(CC1(C(=O)O)CCCC1)N1CCOC(CO)C1. The first-order valence-electron chi connectivity index (χ1n) is 6.81. The van der Waals surface area contributed by atoms with Crippen LogP contribution in [0.15, 0.2) is 0 Å². The zero-order valence-corrected chi connectivity index (χ0v) is 11.0. The molecule has 0 aromatic carbocycles. The fourth-order valence-corrected chi connectivity index (χ4v) is 2.98. The van der Waals surface area contributed by atoms with E-state index >= 15 is 0 Å². The van der Waals surface area contributed by atoms with Crippen LogP contribution in [-0.4, -0.2) is 59.4 Å². The molecule has 1 amide bonds. The first-order chi connectivity index (χ1) is 9.07. The minimum atomic E-state index is -0.871. The maximum absolute atomic E-state index is 12.3. The molecule has 1 unspecified atom stereocenters. The second kappa shape index (κ2) is 5.88. The number of rotatable bonds is 4. The van der Waals surface area contributed by atoms with Crippen molar-refractivity contribution in [3.63, 3.8) is 0 Å². The summed E-state index contributed by atoms with van der Waals surface area (Å²) in [5.41, 5.74) is -0.871. The van der Waals surface area contributed by atoms with Crippen LogP contribution in [0, 0.1) is 5.41 Å². The van der Waals surface area contributed by atoms with Gasteiger partial charge < -0.3 is 19.8 Å². The molecule has 1 saturated carbocycles. The smallest absolute Gasteiger partial charge is 0.310 e. The molecule has 2 fully saturated rings. The molecule has 2 aliphatic rings. The quantitative estimate of drug-likeness (QED) is 0.765. The fourth-order valence-electron chi connectivity index (χ4n) is 2.98. The summed E-state index contributed by atoms with van der Waals surface area (Å²) < 4.78 is 5.29. The third-order valence-electron chi connectivity index (χ3n) is 4.20. The van der Waals surface area contributed by atoms with Crippen molar-refractivity contribution in [1.82, 2.24) is 4.90 Å². The van der Waals surface area contributed by atoms with E-state index in [2.05, 4.69) is 0 Å². The number of carboxylic acids is 1.